The lowest BCUT2D eigenvalue weighted by molar-refractivity contribution is -0.110. The van der Waals surface area contributed by atoms with Crippen LogP contribution in [0.1, 0.15) is 0 Å². The van der Waals surface area contributed by atoms with E-state index in [4.69, 9.17) is 13.9 Å². The molecule has 0 aliphatic carbocycles. The zero-order chi connectivity index (χ0) is 9.54. The van der Waals surface area contributed by atoms with Crippen molar-refractivity contribution in [3.8, 4) is 0 Å². The van der Waals surface area contributed by atoms with Crippen LogP contribution in [-0.2, 0) is 14.3 Å². The van der Waals surface area contributed by atoms with Crippen molar-refractivity contribution in [3.05, 3.63) is 34.8 Å². The van der Waals surface area contributed by atoms with Crippen molar-refractivity contribution >= 4 is 18.1 Å². The van der Waals surface area contributed by atoms with Gasteiger partial charge in [-0.3, -0.25) is 4.79 Å². The number of carbonyl (C=O) groups is 1. The number of allylic oxidation sites excluding steroid dienone is 1. The van der Waals surface area contributed by atoms with Crippen molar-refractivity contribution in [2.45, 2.75) is 6.29 Å². The zero-order valence-corrected chi connectivity index (χ0v) is 7.10. The number of furan rings is 1. The third-order valence-electron chi connectivity index (χ3n) is 2.22. The van der Waals surface area contributed by atoms with Crippen molar-refractivity contribution in [2.24, 2.45) is 0 Å². The van der Waals surface area contributed by atoms with Gasteiger partial charge < -0.3 is 13.9 Å². The smallest absolute Gasteiger partial charge is 0.268 e. The third-order valence-corrected chi connectivity index (χ3v) is 2.22. The van der Waals surface area contributed by atoms with E-state index < -0.39 is 6.29 Å². The van der Waals surface area contributed by atoms with Gasteiger partial charge in [0.1, 0.15) is 6.26 Å². The minimum absolute atomic E-state index is 0.285. The van der Waals surface area contributed by atoms with Crippen molar-refractivity contribution < 1.29 is 18.7 Å². The molecule has 4 nitrogen and oxygen atoms in total. The average molecular weight is 190 g/mol. The first-order chi connectivity index (χ1) is 6.88. The first-order valence-corrected chi connectivity index (χ1v) is 4.15. The fraction of sp³-hybridized carbons (Fsp3) is 0.100. The molecule has 4 heteroatoms. The van der Waals surface area contributed by atoms with Gasteiger partial charge in [-0.25, -0.2) is 0 Å². The Morgan fingerprint density at radius 3 is 3.21 bits per heavy atom. The van der Waals surface area contributed by atoms with Crippen LogP contribution < -0.4 is 10.6 Å². The lowest BCUT2D eigenvalue weighted by atomic mass is 10.2. The molecule has 0 saturated carbocycles. The summed E-state index contributed by atoms with van der Waals surface area (Å²) < 4.78 is 15.6. The lowest BCUT2D eigenvalue weighted by Gasteiger charge is -2.13. The second-order valence-electron chi connectivity index (χ2n) is 3.02. The Morgan fingerprint density at radius 2 is 2.36 bits per heavy atom. The Morgan fingerprint density at radius 1 is 1.43 bits per heavy atom. The van der Waals surface area contributed by atoms with Crippen LogP contribution in [-0.4, -0.2) is 12.6 Å². The molecule has 0 radical (unpaired) electrons. The van der Waals surface area contributed by atoms with Gasteiger partial charge in [0, 0.05) is 10.8 Å². The van der Waals surface area contributed by atoms with Crippen LogP contribution >= 0.6 is 0 Å². The van der Waals surface area contributed by atoms with Crippen LogP contribution in [0.4, 0.5) is 0 Å². The van der Waals surface area contributed by atoms with Gasteiger partial charge in [0.15, 0.2) is 17.5 Å². The quantitative estimate of drug-likeness (QED) is 0.567. The summed E-state index contributed by atoms with van der Waals surface area (Å²) in [5.74, 6) is 0.285. The standard InChI is InChI=1S/C10H6O4/c11-4-6-3-8-7-1-2-12-9(7)5-13-10(8)14-6/h1-5,10H. The first kappa shape index (κ1) is 7.44. The molecule has 0 saturated heterocycles. The molecule has 1 aromatic heterocycles. The van der Waals surface area contributed by atoms with E-state index in [-0.39, 0.29) is 5.76 Å². The molecule has 1 aromatic rings. The van der Waals surface area contributed by atoms with Crippen molar-refractivity contribution in [2.75, 3.05) is 0 Å². The highest BCUT2D eigenvalue weighted by atomic mass is 16.7. The Balaban J connectivity index is 2.32. The molecule has 0 amide bonds. The normalized spacial score (nSPS) is 22.4. The van der Waals surface area contributed by atoms with E-state index in [0.29, 0.717) is 11.7 Å². The molecule has 3 rings (SSSR count). The number of hydrogen-bond donors (Lipinski definition) is 0. The van der Waals surface area contributed by atoms with Crippen LogP contribution in [0.2, 0.25) is 0 Å². The lowest BCUT2D eigenvalue weighted by Crippen LogP contribution is -2.31. The molecule has 1 unspecified atom stereocenters. The van der Waals surface area contributed by atoms with Gasteiger partial charge in [-0.05, 0) is 12.1 Å². The maximum Gasteiger partial charge on any atom is 0.268 e. The molecule has 14 heavy (non-hydrogen) atoms. The minimum Gasteiger partial charge on any atom is -0.461 e. The molecule has 0 fully saturated rings. The molecule has 0 bridgehead atoms. The number of aldehydes is 1. The molecule has 2 aliphatic heterocycles. The van der Waals surface area contributed by atoms with Crippen LogP contribution in [0.25, 0.3) is 11.8 Å². The Hall–Kier alpha value is -1.97. The van der Waals surface area contributed by atoms with E-state index in [1.54, 1.807) is 12.3 Å². The third kappa shape index (κ3) is 0.849. The number of carbonyl (C=O) groups excluding carboxylic acids is 1. The number of hydrogen-bond acceptors (Lipinski definition) is 4. The predicted octanol–water partition coefficient (Wildman–Crippen LogP) is -0.362. The predicted molar refractivity (Wildman–Crippen MR) is 45.9 cm³/mol. The van der Waals surface area contributed by atoms with Crippen LogP contribution in [0, 0.1) is 0 Å². The highest BCUT2D eigenvalue weighted by Gasteiger charge is 2.27. The van der Waals surface area contributed by atoms with Gasteiger partial charge in [0.25, 0.3) is 6.29 Å². The van der Waals surface area contributed by atoms with Gasteiger partial charge in [0.05, 0.1) is 6.26 Å². The van der Waals surface area contributed by atoms with E-state index in [0.717, 1.165) is 10.8 Å². The minimum atomic E-state index is -0.500. The van der Waals surface area contributed by atoms with Crippen molar-refractivity contribution in [1.29, 1.82) is 0 Å². The van der Waals surface area contributed by atoms with Gasteiger partial charge >= 0.3 is 0 Å². The number of ether oxygens (including phenoxy) is 2. The van der Waals surface area contributed by atoms with Gasteiger partial charge in [-0.1, -0.05) is 0 Å². The summed E-state index contributed by atoms with van der Waals surface area (Å²) in [6, 6.07) is 1.82. The van der Waals surface area contributed by atoms with Gasteiger partial charge in [0.2, 0.25) is 0 Å². The van der Waals surface area contributed by atoms with E-state index in [1.807, 2.05) is 6.07 Å². The summed E-state index contributed by atoms with van der Waals surface area (Å²) in [6.07, 6.45) is 4.89. The summed E-state index contributed by atoms with van der Waals surface area (Å²) in [5.41, 5.74) is 1.49. The highest BCUT2D eigenvalue weighted by molar-refractivity contribution is 5.79. The fourth-order valence-corrected chi connectivity index (χ4v) is 1.58. The SMILES string of the molecule is O=CC1=CC2=c3ccoc3=COC2O1. The second-order valence-corrected chi connectivity index (χ2v) is 3.02. The largest absolute Gasteiger partial charge is 0.461 e. The summed E-state index contributed by atoms with van der Waals surface area (Å²) in [7, 11) is 0. The Labute approximate surface area is 78.7 Å². The van der Waals surface area contributed by atoms with Gasteiger partial charge in [-0.15, -0.1) is 0 Å². The Bertz CT molecular complexity index is 535. The highest BCUT2D eigenvalue weighted by Crippen LogP contribution is 2.23. The number of rotatable bonds is 1. The Kier molecular flexibility index (Phi) is 1.33. The zero-order valence-electron chi connectivity index (χ0n) is 7.10. The molecular formula is C10H6O4. The van der Waals surface area contributed by atoms with E-state index in [1.165, 1.54) is 6.26 Å². The maximum atomic E-state index is 10.5. The molecule has 0 aromatic carbocycles. The van der Waals surface area contributed by atoms with Crippen LogP contribution in [0.5, 0.6) is 0 Å². The van der Waals surface area contributed by atoms with E-state index in [9.17, 15) is 4.79 Å². The molecule has 1 atom stereocenters. The molecule has 2 aliphatic rings. The molecule has 0 N–H and O–H groups in total. The summed E-state index contributed by atoms with van der Waals surface area (Å²) in [5, 5.41) is 0.915. The first-order valence-electron chi connectivity index (χ1n) is 4.15. The van der Waals surface area contributed by atoms with Gasteiger partial charge in [-0.2, -0.15) is 0 Å². The van der Waals surface area contributed by atoms with Crippen molar-refractivity contribution in [1.82, 2.24) is 0 Å². The van der Waals surface area contributed by atoms with E-state index >= 15 is 0 Å². The van der Waals surface area contributed by atoms with Crippen LogP contribution in [0.15, 0.2) is 28.6 Å². The average Bonchev–Trinajstić information content (AvgIpc) is 2.82. The summed E-state index contributed by atoms with van der Waals surface area (Å²) in [4.78, 5) is 10.5. The maximum absolute atomic E-state index is 10.5. The van der Waals surface area contributed by atoms with Crippen molar-refractivity contribution in [3.63, 3.8) is 0 Å². The molecule has 3 heterocycles. The van der Waals surface area contributed by atoms with E-state index in [2.05, 4.69) is 0 Å². The van der Waals surface area contributed by atoms with Crippen LogP contribution in [0.3, 0.4) is 0 Å². The summed E-state index contributed by atoms with van der Waals surface area (Å²) >= 11 is 0. The fourth-order valence-electron chi connectivity index (χ4n) is 1.58. The molecule has 70 valence electrons. The molecular weight excluding hydrogens is 184 g/mol. The monoisotopic (exact) mass is 190 g/mol. The second kappa shape index (κ2) is 2.51. The molecule has 0 spiro atoms. The summed E-state index contributed by atoms with van der Waals surface area (Å²) in [6.45, 7) is 0. The topological polar surface area (TPSA) is 48.7 Å². The number of fused-ring (bicyclic) bond motifs is 2.